The van der Waals surface area contributed by atoms with Crippen LogP contribution in [0.25, 0.3) is 0 Å². The van der Waals surface area contributed by atoms with Crippen LogP contribution < -0.4 is 0 Å². The molecule has 0 saturated carbocycles. The predicted octanol–water partition coefficient (Wildman–Crippen LogP) is 0.718. The van der Waals surface area contributed by atoms with Gasteiger partial charge in [-0.1, -0.05) is 6.07 Å². The smallest absolute Gasteiger partial charge is 0.253 e. The Morgan fingerprint density at radius 3 is 2.43 bits per heavy atom. The summed E-state index contributed by atoms with van der Waals surface area (Å²) >= 11 is 0. The molecule has 1 heterocycles. The van der Waals surface area contributed by atoms with Crippen molar-refractivity contribution in [2.45, 2.75) is 11.8 Å². The Morgan fingerprint density at radius 2 is 1.86 bits per heavy atom. The summed E-state index contributed by atoms with van der Waals surface area (Å²) in [4.78, 5) is 13.7. The van der Waals surface area contributed by atoms with E-state index in [0.29, 0.717) is 31.9 Å². The second kappa shape index (κ2) is 6.13. The summed E-state index contributed by atoms with van der Waals surface area (Å²) in [5.41, 5.74) is 1.17. The zero-order chi connectivity index (χ0) is 15.6. The first-order valence-corrected chi connectivity index (χ1v) is 8.18. The molecular weight excluding hydrogens is 292 g/mol. The van der Waals surface area contributed by atoms with Crippen LogP contribution in [0.2, 0.25) is 0 Å². The summed E-state index contributed by atoms with van der Waals surface area (Å²) in [6.45, 7) is 3.27. The van der Waals surface area contributed by atoms with Crippen LogP contribution in [0, 0.1) is 6.92 Å². The molecule has 1 aromatic rings. The molecule has 0 spiro atoms. The van der Waals surface area contributed by atoms with Gasteiger partial charge in [0.25, 0.3) is 5.91 Å². The van der Waals surface area contributed by atoms with Gasteiger partial charge in [0.05, 0.1) is 18.1 Å². The standard InChI is InChI=1S/C14H20N2O4S/c1-11-4-5-12(10-13(11)14(17)15(2)3)21(18,19)16-6-8-20-9-7-16/h4-5,10H,6-9H2,1-3H3. The largest absolute Gasteiger partial charge is 0.379 e. The SMILES string of the molecule is Cc1ccc(S(=O)(=O)N2CCOCC2)cc1C(=O)N(C)C. The van der Waals surface area contributed by atoms with E-state index in [2.05, 4.69) is 0 Å². The molecule has 2 rings (SSSR count). The number of amides is 1. The summed E-state index contributed by atoms with van der Waals surface area (Å²) in [7, 11) is -0.290. The first kappa shape index (κ1) is 15.9. The lowest BCUT2D eigenvalue weighted by molar-refractivity contribution is 0.0730. The highest BCUT2D eigenvalue weighted by atomic mass is 32.2. The van der Waals surface area contributed by atoms with E-state index < -0.39 is 10.0 Å². The minimum atomic E-state index is -3.58. The Kier molecular flexibility index (Phi) is 4.65. The average molecular weight is 312 g/mol. The van der Waals surface area contributed by atoms with E-state index in [1.54, 1.807) is 33.2 Å². The van der Waals surface area contributed by atoms with Gasteiger partial charge in [-0.15, -0.1) is 0 Å². The first-order valence-electron chi connectivity index (χ1n) is 6.74. The molecule has 0 unspecified atom stereocenters. The Balaban J connectivity index is 2.40. The molecule has 0 radical (unpaired) electrons. The summed E-state index contributed by atoms with van der Waals surface area (Å²) in [5.74, 6) is -0.202. The van der Waals surface area contributed by atoms with Gasteiger partial charge in [0, 0.05) is 32.7 Å². The van der Waals surface area contributed by atoms with E-state index in [-0.39, 0.29) is 10.8 Å². The van der Waals surface area contributed by atoms with Gasteiger partial charge in [-0.25, -0.2) is 8.42 Å². The van der Waals surface area contributed by atoms with Crippen molar-refractivity contribution in [3.63, 3.8) is 0 Å². The van der Waals surface area contributed by atoms with Gasteiger partial charge in [-0.05, 0) is 24.6 Å². The van der Waals surface area contributed by atoms with Crippen LogP contribution in [0.4, 0.5) is 0 Å². The highest BCUT2D eigenvalue weighted by Crippen LogP contribution is 2.21. The lowest BCUT2D eigenvalue weighted by Gasteiger charge is -2.26. The third-order valence-electron chi connectivity index (χ3n) is 3.45. The maximum absolute atomic E-state index is 12.6. The van der Waals surface area contributed by atoms with Crippen LogP contribution in [-0.2, 0) is 14.8 Å². The summed E-state index contributed by atoms with van der Waals surface area (Å²) in [5, 5.41) is 0. The summed E-state index contributed by atoms with van der Waals surface area (Å²) < 4.78 is 31.7. The first-order chi connectivity index (χ1) is 9.84. The van der Waals surface area contributed by atoms with Crippen LogP contribution in [-0.4, -0.2) is 63.9 Å². The van der Waals surface area contributed by atoms with Gasteiger partial charge >= 0.3 is 0 Å². The molecule has 21 heavy (non-hydrogen) atoms. The van der Waals surface area contributed by atoms with Crippen molar-refractivity contribution in [2.75, 3.05) is 40.4 Å². The third-order valence-corrected chi connectivity index (χ3v) is 5.35. The number of aryl methyl sites for hydroxylation is 1. The van der Waals surface area contributed by atoms with Crippen molar-refractivity contribution in [3.8, 4) is 0 Å². The molecule has 0 atom stereocenters. The summed E-state index contributed by atoms with van der Waals surface area (Å²) in [6, 6.07) is 4.68. The molecule has 7 heteroatoms. The van der Waals surface area contributed by atoms with Crippen molar-refractivity contribution in [1.29, 1.82) is 0 Å². The molecular formula is C14H20N2O4S. The van der Waals surface area contributed by atoms with Crippen molar-refractivity contribution in [1.82, 2.24) is 9.21 Å². The number of sulfonamides is 1. The Hall–Kier alpha value is -1.44. The fourth-order valence-electron chi connectivity index (χ4n) is 2.17. The third kappa shape index (κ3) is 3.25. The number of carbonyl (C=O) groups excluding carboxylic acids is 1. The number of carbonyl (C=O) groups is 1. The van der Waals surface area contributed by atoms with Crippen molar-refractivity contribution in [2.24, 2.45) is 0 Å². The van der Waals surface area contributed by atoms with Crippen LogP contribution in [0.15, 0.2) is 23.1 Å². The van der Waals surface area contributed by atoms with E-state index in [4.69, 9.17) is 4.74 Å². The van der Waals surface area contributed by atoms with Crippen LogP contribution in [0.1, 0.15) is 15.9 Å². The zero-order valence-corrected chi connectivity index (χ0v) is 13.3. The monoisotopic (exact) mass is 312 g/mol. The minimum Gasteiger partial charge on any atom is -0.379 e. The molecule has 1 aliphatic rings. The number of hydrogen-bond acceptors (Lipinski definition) is 4. The second-order valence-electron chi connectivity index (χ2n) is 5.19. The molecule has 0 aromatic heterocycles. The Labute approximate surface area is 125 Å². The number of morpholine rings is 1. The number of benzene rings is 1. The van der Waals surface area contributed by atoms with Crippen molar-refractivity contribution < 1.29 is 17.9 Å². The van der Waals surface area contributed by atoms with E-state index >= 15 is 0 Å². The maximum atomic E-state index is 12.6. The van der Waals surface area contributed by atoms with Crippen LogP contribution >= 0.6 is 0 Å². The lowest BCUT2D eigenvalue weighted by atomic mass is 10.1. The van der Waals surface area contributed by atoms with Crippen LogP contribution in [0.3, 0.4) is 0 Å². The Bertz CT molecular complexity index is 634. The molecule has 0 N–H and O–H groups in total. The van der Waals surface area contributed by atoms with Crippen molar-refractivity contribution in [3.05, 3.63) is 29.3 Å². The van der Waals surface area contributed by atoms with Crippen LogP contribution in [0.5, 0.6) is 0 Å². The minimum absolute atomic E-state index is 0.153. The highest BCUT2D eigenvalue weighted by Gasteiger charge is 2.27. The molecule has 0 bridgehead atoms. The van der Waals surface area contributed by atoms with Crippen molar-refractivity contribution >= 4 is 15.9 Å². The van der Waals surface area contributed by atoms with Gasteiger partial charge in [0.1, 0.15) is 0 Å². The van der Waals surface area contributed by atoms with E-state index in [9.17, 15) is 13.2 Å². The number of rotatable bonds is 3. The van der Waals surface area contributed by atoms with Gasteiger partial charge in [0.2, 0.25) is 10.0 Å². The normalized spacial score (nSPS) is 16.7. The molecule has 1 saturated heterocycles. The lowest BCUT2D eigenvalue weighted by Crippen LogP contribution is -2.40. The quantitative estimate of drug-likeness (QED) is 0.825. The highest BCUT2D eigenvalue weighted by molar-refractivity contribution is 7.89. The topological polar surface area (TPSA) is 66.9 Å². The molecule has 1 amide bonds. The molecule has 116 valence electrons. The maximum Gasteiger partial charge on any atom is 0.253 e. The van der Waals surface area contributed by atoms with Gasteiger partial charge in [0.15, 0.2) is 0 Å². The second-order valence-corrected chi connectivity index (χ2v) is 7.13. The van der Waals surface area contributed by atoms with E-state index in [1.165, 1.54) is 15.3 Å². The average Bonchev–Trinajstić information content (AvgIpc) is 2.47. The van der Waals surface area contributed by atoms with Gasteiger partial charge < -0.3 is 9.64 Å². The van der Waals surface area contributed by atoms with Gasteiger partial charge in [-0.3, -0.25) is 4.79 Å². The van der Waals surface area contributed by atoms with E-state index in [1.807, 2.05) is 0 Å². The molecule has 6 nitrogen and oxygen atoms in total. The fraction of sp³-hybridized carbons (Fsp3) is 0.500. The van der Waals surface area contributed by atoms with E-state index in [0.717, 1.165) is 5.56 Å². The number of ether oxygens (including phenoxy) is 1. The summed E-state index contributed by atoms with van der Waals surface area (Å²) in [6.07, 6.45) is 0. The fourth-order valence-corrected chi connectivity index (χ4v) is 3.60. The Morgan fingerprint density at radius 1 is 1.24 bits per heavy atom. The molecule has 1 aromatic carbocycles. The molecule has 0 aliphatic carbocycles. The predicted molar refractivity (Wildman–Crippen MR) is 78.8 cm³/mol. The van der Waals surface area contributed by atoms with Gasteiger partial charge in [-0.2, -0.15) is 4.31 Å². The molecule has 1 aliphatic heterocycles. The number of hydrogen-bond donors (Lipinski definition) is 0. The number of nitrogens with zero attached hydrogens (tertiary/aromatic N) is 2. The zero-order valence-electron chi connectivity index (χ0n) is 12.5. The molecule has 1 fully saturated rings.